The van der Waals surface area contributed by atoms with Crippen molar-refractivity contribution >= 4 is 74.7 Å². The van der Waals surface area contributed by atoms with E-state index in [1.54, 1.807) is 0 Å². The van der Waals surface area contributed by atoms with E-state index in [1.165, 1.54) is 62.6 Å². The van der Waals surface area contributed by atoms with Crippen LogP contribution in [-0.2, 0) is 0 Å². The van der Waals surface area contributed by atoms with Gasteiger partial charge in [-0.25, -0.2) is 9.98 Å². The second-order valence-corrected chi connectivity index (χ2v) is 14.7. The van der Waals surface area contributed by atoms with E-state index in [4.69, 9.17) is 9.98 Å². The third-order valence-electron chi connectivity index (χ3n) is 9.57. The molecule has 0 fully saturated rings. The lowest BCUT2D eigenvalue weighted by Gasteiger charge is -2.23. The molecule has 0 amide bonds. The molecule has 1 unspecified atom stereocenters. The van der Waals surface area contributed by atoms with Crippen molar-refractivity contribution in [1.82, 2.24) is 5.32 Å². The fourth-order valence-electron chi connectivity index (χ4n) is 7.14. The summed E-state index contributed by atoms with van der Waals surface area (Å²) in [4.78, 5) is 10.7. The lowest BCUT2D eigenvalue weighted by atomic mass is 9.98. The molecule has 0 saturated heterocycles. The molecule has 1 aliphatic rings. The van der Waals surface area contributed by atoms with Gasteiger partial charge in [0.15, 0.2) is 6.17 Å². The van der Waals surface area contributed by atoms with Gasteiger partial charge < -0.3 is 5.32 Å². The van der Waals surface area contributed by atoms with Gasteiger partial charge in [-0.1, -0.05) is 133 Å². The van der Waals surface area contributed by atoms with Crippen LogP contribution in [0, 0.1) is 0 Å². The zero-order valence-corrected chi connectivity index (χ0v) is 28.5. The third kappa shape index (κ3) is 4.94. The van der Waals surface area contributed by atoms with Crippen LogP contribution < -0.4 is 5.32 Å². The molecular formula is C45H29N3S2. The molecule has 1 N–H and O–H groups in total. The molecule has 10 rings (SSSR count). The highest BCUT2D eigenvalue weighted by Gasteiger charge is 2.24. The van der Waals surface area contributed by atoms with E-state index >= 15 is 0 Å². The molecule has 0 aliphatic carbocycles. The number of thiophene rings is 2. The van der Waals surface area contributed by atoms with Crippen molar-refractivity contribution in [3.63, 3.8) is 0 Å². The number of fused-ring (bicyclic) bond motifs is 6. The highest BCUT2D eigenvalue weighted by atomic mass is 32.1. The van der Waals surface area contributed by atoms with Crippen LogP contribution in [0.15, 0.2) is 174 Å². The average molecular weight is 676 g/mol. The fraction of sp³-hybridized carbons (Fsp3) is 0.0222. The molecule has 1 atom stereocenters. The molecule has 9 aromatic rings. The predicted octanol–water partition coefficient (Wildman–Crippen LogP) is 12.3. The summed E-state index contributed by atoms with van der Waals surface area (Å²) in [5.41, 5.74) is 8.01. The van der Waals surface area contributed by atoms with Crippen molar-refractivity contribution in [2.75, 3.05) is 0 Å². The first-order chi connectivity index (χ1) is 24.8. The molecule has 0 radical (unpaired) electrons. The van der Waals surface area contributed by atoms with E-state index in [9.17, 15) is 0 Å². The van der Waals surface area contributed by atoms with E-state index < -0.39 is 6.17 Å². The average Bonchev–Trinajstić information content (AvgIpc) is 3.77. The van der Waals surface area contributed by atoms with Gasteiger partial charge >= 0.3 is 0 Å². The lowest BCUT2D eigenvalue weighted by Crippen LogP contribution is -2.36. The minimum absolute atomic E-state index is 0.407. The number of hydrogen-bond acceptors (Lipinski definition) is 5. The summed E-state index contributed by atoms with van der Waals surface area (Å²) < 4.78 is 5.03. The van der Waals surface area contributed by atoms with E-state index in [0.29, 0.717) is 0 Å². The van der Waals surface area contributed by atoms with Gasteiger partial charge in [0.05, 0.1) is 0 Å². The van der Waals surface area contributed by atoms with Gasteiger partial charge in [-0.05, 0) is 58.1 Å². The van der Waals surface area contributed by atoms with Crippen molar-refractivity contribution in [2.24, 2.45) is 9.98 Å². The Morgan fingerprint density at radius 3 is 1.78 bits per heavy atom. The lowest BCUT2D eigenvalue weighted by molar-refractivity contribution is 0.756. The number of amidine groups is 2. The Morgan fingerprint density at radius 1 is 0.420 bits per heavy atom. The second-order valence-electron chi connectivity index (χ2n) is 12.6. The van der Waals surface area contributed by atoms with Crippen LogP contribution in [0.25, 0.3) is 62.6 Å². The zero-order valence-electron chi connectivity index (χ0n) is 26.9. The van der Waals surface area contributed by atoms with Crippen molar-refractivity contribution < 1.29 is 0 Å². The quantitative estimate of drug-likeness (QED) is 0.194. The van der Waals surface area contributed by atoms with Crippen molar-refractivity contribution in [1.29, 1.82) is 0 Å². The fourth-order valence-corrected chi connectivity index (χ4v) is 9.48. The molecule has 1 aliphatic heterocycles. The van der Waals surface area contributed by atoms with Crippen LogP contribution in [0.5, 0.6) is 0 Å². The predicted molar refractivity (Wildman–Crippen MR) is 215 cm³/mol. The first-order valence-electron chi connectivity index (χ1n) is 16.8. The van der Waals surface area contributed by atoms with Crippen molar-refractivity contribution in [3.8, 4) is 22.3 Å². The Labute approximate surface area is 297 Å². The molecule has 2 aromatic heterocycles. The maximum absolute atomic E-state index is 5.34. The Balaban J connectivity index is 1.11. The number of nitrogens with zero attached hydrogens (tertiary/aromatic N) is 2. The summed E-state index contributed by atoms with van der Waals surface area (Å²) >= 11 is 3.65. The highest BCUT2D eigenvalue weighted by molar-refractivity contribution is 7.26. The smallest absolute Gasteiger partial charge is 0.169 e. The molecule has 236 valence electrons. The molecule has 3 nitrogen and oxygen atoms in total. The third-order valence-corrected chi connectivity index (χ3v) is 11.9. The van der Waals surface area contributed by atoms with Gasteiger partial charge in [0, 0.05) is 51.5 Å². The van der Waals surface area contributed by atoms with Crippen LogP contribution in [-0.4, -0.2) is 11.7 Å². The molecule has 0 spiro atoms. The molecule has 0 bridgehead atoms. The summed E-state index contributed by atoms with van der Waals surface area (Å²) in [6, 6.07) is 58.4. The Morgan fingerprint density at radius 2 is 0.980 bits per heavy atom. The first kappa shape index (κ1) is 29.1. The van der Waals surface area contributed by atoms with Gasteiger partial charge in [0.25, 0.3) is 0 Å². The molecule has 3 heterocycles. The van der Waals surface area contributed by atoms with Crippen LogP contribution in [0.2, 0.25) is 0 Å². The second kappa shape index (κ2) is 11.9. The number of aliphatic imine (C=N–C) groups is 2. The van der Waals surface area contributed by atoms with Crippen molar-refractivity contribution in [2.45, 2.75) is 6.17 Å². The summed E-state index contributed by atoms with van der Waals surface area (Å²) in [6.07, 6.45) is -0.407. The SMILES string of the molecule is c1ccc(-c2cccc(-c3ccc(C4N=C(c5cccc6c5sc5ccccc56)NC(c5cccc6sc7ccccc7c56)=N4)cc3)c2)cc1. The van der Waals surface area contributed by atoms with Gasteiger partial charge in [-0.2, -0.15) is 0 Å². The summed E-state index contributed by atoms with van der Waals surface area (Å²) in [7, 11) is 0. The van der Waals surface area contributed by atoms with Crippen LogP contribution in [0.3, 0.4) is 0 Å². The zero-order chi connectivity index (χ0) is 33.0. The molecule has 50 heavy (non-hydrogen) atoms. The van der Waals surface area contributed by atoms with Gasteiger partial charge in [-0.3, -0.25) is 0 Å². The normalized spacial score (nSPS) is 14.6. The monoisotopic (exact) mass is 675 g/mol. The molecule has 0 saturated carbocycles. The number of hydrogen-bond donors (Lipinski definition) is 1. The van der Waals surface area contributed by atoms with E-state index in [1.807, 2.05) is 22.7 Å². The topological polar surface area (TPSA) is 36.8 Å². The van der Waals surface area contributed by atoms with Crippen LogP contribution in [0.4, 0.5) is 0 Å². The Hall–Kier alpha value is -5.88. The van der Waals surface area contributed by atoms with Gasteiger partial charge in [0.1, 0.15) is 11.7 Å². The van der Waals surface area contributed by atoms with Gasteiger partial charge in [-0.15, -0.1) is 22.7 Å². The number of nitrogens with one attached hydrogen (secondary N) is 1. The summed E-state index contributed by atoms with van der Waals surface area (Å²) in [5, 5.41) is 8.75. The maximum atomic E-state index is 5.34. The first-order valence-corrected chi connectivity index (χ1v) is 18.4. The summed E-state index contributed by atoms with van der Waals surface area (Å²) in [5.74, 6) is 1.68. The maximum Gasteiger partial charge on any atom is 0.169 e. The summed E-state index contributed by atoms with van der Waals surface area (Å²) in [6.45, 7) is 0. The molecule has 7 aromatic carbocycles. The largest absolute Gasteiger partial charge is 0.324 e. The Bertz CT molecular complexity index is 2790. The minimum atomic E-state index is -0.407. The Kier molecular flexibility index (Phi) is 6.93. The molecule has 5 heteroatoms. The number of benzene rings is 7. The highest BCUT2D eigenvalue weighted by Crippen LogP contribution is 2.39. The van der Waals surface area contributed by atoms with E-state index in [2.05, 4.69) is 169 Å². The number of rotatable bonds is 5. The van der Waals surface area contributed by atoms with Crippen LogP contribution >= 0.6 is 22.7 Å². The van der Waals surface area contributed by atoms with E-state index in [0.717, 1.165) is 28.4 Å². The van der Waals surface area contributed by atoms with Crippen molar-refractivity contribution in [3.05, 3.63) is 180 Å². The van der Waals surface area contributed by atoms with Crippen LogP contribution in [0.1, 0.15) is 22.9 Å². The van der Waals surface area contributed by atoms with E-state index in [-0.39, 0.29) is 0 Å². The van der Waals surface area contributed by atoms with Gasteiger partial charge in [0.2, 0.25) is 0 Å². The standard InChI is InChI=1S/C45H29N3S2/c1-2-11-28(12-3-1)31-13-8-14-32(27-31)29-23-25-30(26-24-29)43-46-44(36-18-10-22-40-41(36)35-16-5-7-21-39(35)49-40)48-45(47-43)37-19-9-17-34-33-15-4-6-20-38(33)50-42(34)37/h1-27,43H,(H,46,47,48). The molecular weight excluding hydrogens is 647 g/mol. The minimum Gasteiger partial charge on any atom is -0.324 e.